The van der Waals surface area contributed by atoms with Crippen LogP contribution in [0.1, 0.15) is 16.1 Å². The highest BCUT2D eigenvalue weighted by molar-refractivity contribution is 9.10. The Bertz CT molecular complexity index is 1120. The Morgan fingerprint density at radius 2 is 1.67 bits per heavy atom. The van der Waals surface area contributed by atoms with Crippen molar-refractivity contribution in [1.82, 2.24) is 5.43 Å². The molecule has 1 aromatic heterocycles. The molecule has 4 aromatic rings. The Labute approximate surface area is 164 Å². The van der Waals surface area contributed by atoms with Crippen molar-refractivity contribution in [2.45, 2.75) is 0 Å². The van der Waals surface area contributed by atoms with Crippen LogP contribution in [0.15, 0.2) is 92.9 Å². The standard InChI is InChI=1S/C22H15BrN2O2/c23-19-10-11-20-18(12-19)13-21(27-20)22(26)25-24-14-15-6-8-17(9-7-15)16-4-2-1-3-5-16/h1-14H,(H,25,26)/b24-14+. The molecule has 0 aliphatic rings. The monoisotopic (exact) mass is 418 g/mol. The van der Waals surface area contributed by atoms with Crippen molar-refractivity contribution in [1.29, 1.82) is 0 Å². The number of nitrogens with zero attached hydrogens (tertiary/aromatic N) is 1. The van der Waals surface area contributed by atoms with Gasteiger partial charge in [-0.05, 0) is 41.0 Å². The third kappa shape index (κ3) is 3.99. The van der Waals surface area contributed by atoms with Crippen molar-refractivity contribution in [3.8, 4) is 11.1 Å². The number of carbonyl (C=O) groups is 1. The van der Waals surface area contributed by atoms with Gasteiger partial charge in [-0.1, -0.05) is 70.5 Å². The Morgan fingerprint density at radius 3 is 2.44 bits per heavy atom. The zero-order chi connectivity index (χ0) is 18.6. The summed E-state index contributed by atoms with van der Waals surface area (Å²) in [5, 5.41) is 4.87. The van der Waals surface area contributed by atoms with Crippen molar-refractivity contribution < 1.29 is 9.21 Å². The number of hydrazone groups is 1. The molecule has 1 amide bonds. The second kappa shape index (κ2) is 7.60. The smallest absolute Gasteiger partial charge is 0.307 e. The van der Waals surface area contributed by atoms with E-state index in [0.717, 1.165) is 26.5 Å². The molecule has 0 saturated heterocycles. The minimum atomic E-state index is -0.389. The molecule has 0 aliphatic heterocycles. The molecule has 1 N–H and O–H groups in total. The van der Waals surface area contributed by atoms with Gasteiger partial charge in [0.1, 0.15) is 5.58 Å². The SMILES string of the molecule is O=C(N/N=C/c1ccc(-c2ccccc2)cc1)c1cc2cc(Br)ccc2o1. The van der Waals surface area contributed by atoms with E-state index in [2.05, 4.69) is 38.6 Å². The molecule has 0 atom stereocenters. The number of amides is 1. The molecular weight excluding hydrogens is 404 g/mol. The van der Waals surface area contributed by atoms with Gasteiger partial charge in [0.25, 0.3) is 0 Å². The predicted molar refractivity (Wildman–Crippen MR) is 111 cm³/mol. The Hall–Kier alpha value is -3.18. The van der Waals surface area contributed by atoms with E-state index in [1.54, 1.807) is 12.3 Å². The van der Waals surface area contributed by atoms with Crippen LogP contribution in [-0.2, 0) is 0 Å². The molecule has 3 aromatic carbocycles. The Kier molecular flexibility index (Phi) is 4.85. The largest absolute Gasteiger partial charge is 0.451 e. The van der Waals surface area contributed by atoms with Gasteiger partial charge in [0, 0.05) is 9.86 Å². The summed E-state index contributed by atoms with van der Waals surface area (Å²) < 4.78 is 6.48. The van der Waals surface area contributed by atoms with Crippen molar-refractivity contribution in [2.75, 3.05) is 0 Å². The lowest BCUT2D eigenvalue weighted by atomic mass is 10.0. The van der Waals surface area contributed by atoms with Gasteiger partial charge in [-0.15, -0.1) is 0 Å². The molecule has 0 saturated carbocycles. The highest BCUT2D eigenvalue weighted by Gasteiger charge is 2.11. The fourth-order valence-electron chi connectivity index (χ4n) is 2.74. The van der Waals surface area contributed by atoms with E-state index in [1.807, 2.05) is 60.7 Å². The molecule has 0 aliphatic carbocycles. The number of benzene rings is 3. The van der Waals surface area contributed by atoms with Crippen LogP contribution >= 0.6 is 15.9 Å². The predicted octanol–water partition coefficient (Wildman–Crippen LogP) is 5.63. The van der Waals surface area contributed by atoms with Crippen molar-refractivity contribution in [2.24, 2.45) is 5.10 Å². The second-order valence-corrected chi connectivity index (χ2v) is 6.90. The van der Waals surface area contributed by atoms with Crippen LogP contribution < -0.4 is 5.43 Å². The van der Waals surface area contributed by atoms with Crippen molar-refractivity contribution in [3.05, 3.63) is 94.7 Å². The van der Waals surface area contributed by atoms with Crippen LogP contribution in [0.5, 0.6) is 0 Å². The van der Waals surface area contributed by atoms with Crippen LogP contribution in [0.25, 0.3) is 22.1 Å². The molecule has 0 radical (unpaired) electrons. The Balaban J connectivity index is 1.43. The highest BCUT2D eigenvalue weighted by Crippen LogP contribution is 2.23. The molecule has 0 spiro atoms. The molecule has 4 nitrogen and oxygen atoms in total. The maximum absolute atomic E-state index is 12.2. The van der Waals surface area contributed by atoms with Crippen LogP contribution in [-0.4, -0.2) is 12.1 Å². The summed E-state index contributed by atoms with van der Waals surface area (Å²) in [7, 11) is 0. The Morgan fingerprint density at radius 1 is 0.926 bits per heavy atom. The van der Waals surface area contributed by atoms with E-state index in [1.165, 1.54) is 0 Å². The van der Waals surface area contributed by atoms with E-state index in [4.69, 9.17) is 4.42 Å². The first-order chi connectivity index (χ1) is 13.2. The van der Waals surface area contributed by atoms with Crippen LogP contribution in [0, 0.1) is 0 Å². The molecule has 4 rings (SSSR count). The lowest BCUT2D eigenvalue weighted by molar-refractivity contribution is 0.0929. The topological polar surface area (TPSA) is 54.6 Å². The fourth-order valence-corrected chi connectivity index (χ4v) is 3.12. The zero-order valence-electron chi connectivity index (χ0n) is 14.2. The summed E-state index contributed by atoms with van der Waals surface area (Å²) >= 11 is 3.40. The third-order valence-electron chi connectivity index (χ3n) is 4.10. The van der Waals surface area contributed by atoms with Gasteiger partial charge in [0.05, 0.1) is 6.21 Å². The van der Waals surface area contributed by atoms with Crippen molar-refractivity contribution in [3.63, 3.8) is 0 Å². The summed E-state index contributed by atoms with van der Waals surface area (Å²) in [5.74, 6) is -0.167. The van der Waals surface area contributed by atoms with Gasteiger partial charge in [-0.3, -0.25) is 4.79 Å². The van der Waals surface area contributed by atoms with E-state index in [0.29, 0.717) is 5.58 Å². The molecule has 5 heteroatoms. The summed E-state index contributed by atoms with van der Waals surface area (Å²) in [6.45, 7) is 0. The minimum Gasteiger partial charge on any atom is -0.451 e. The van der Waals surface area contributed by atoms with Crippen LogP contribution in [0.4, 0.5) is 0 Å². The average Bonchev–Trinajstić information content (AvgIpc) is 3.12. The summed E-state index contributed by atoms with van der Waals surface area (Å²) in [4.78, 5) is 12.2. The van der Waals surface area contributed by atoms with Gasteiger partial charge >= 0.3 is 5.91 Å². The number of carbonyl (C=O) groups excluding carboxylic acids is 1. The molecule has 0 unspecified atom stereocenters. The normalized spacial score (nSPS) is 11.1. The van der Waals surface area contributed by atoms with E-state index in [9.17, 15) is 4.79 Å². The maximum Gasteiger partial charge on any atom is 0.307 e. The lowest BCUT2D eigenvalue weighted by Gasteiger charge is -2.01. The zero-order valence-corrected chi connectivity index (χ0v) is 15.8. The number of furan rings is 1. The third-order valence-corrected chi connectivity index (χ3v) is 4.59. The summed E-state index contributed by atoms with van der Waals surface area (Å²) in [5.41, 5.74) is 6.33. The van der Waals surface area contributed by atoms with Gasteiger partial charge in [0.2, 0.25) is 0 Å². The quantitative estimate of drug-likeness (QED) is 0.345. The minimum absolute atomic E-state index is 0.222. The number of hydrogen-bond acceptors (Lipinski definition) is 3. The molecule has 27 heavy (non-hydrogen) atoms. The van der Waals surface area contributed by atoms with E-state index in [-0.39, 0.29) is 11.7 Å². The summed E-state index contributed by atoms with van der Waals surface area (Å²) in [6, 6.07) is 25.4. The van der Waals surface area contributed by atoms with Gasteiger partial charge in [-0.2, -0.15) is 5.10 Å². The molecule has 132 valence electrons. The number of hydrogen-bond donors (Lipinski definition) is 1. The molecular formula is C22H15BrN2O2. The molecule has 0 fully saturated rings. The number of fused-ring (bicyclic) bond motifs is 1. The maximum atomic E-state index is 12.2. The second-order valence-electron chi connectivity index (χ2n) is 5.98. The lowest BCUT2D eigenvalue weighted by Crippen LogP contribution is -2.16. The van der Waals surface area contributed by atoms with Gasteiger partial charge < -0.3 is 4.42 Å². The molecule has 0 bridgehead atoms. The van der Waals surface area contributed by atoms with Crippen LogP contribution in [0.3, 0.4) is 0 Å². The fraction of sp³-hybridized carbons (Fsp3) is 0. The highest BCUT2D eigenvalue weighted by atomic mass is 79.9. The first-order valence-electron chi connectivity index (χ1n) is 8.37. The summed E-state index contributed by atoms with van der Waals surface area (Å²) in [6.07, 6.45) is 1.60. The number of nitrogens with one attached hydrogen (secondary N) is 1. The molecule has 1 heterocycles. The van der Waals surface area contributed by atoms with Crippen LogP contribution in [0.2, 0.25) is 0 Å². The van der Waals surface area contributed by atoms with Gasteiger partial charge in [-0.25, -0.2) is 5.43 Å². The average molecular weight is 419 g/mol. The number of rotatable bonds is 4. The first kappa shape index (κ1) is 17.2. The van der Waals surface area contributed by atoms with E-state index < -0.39 is 0 Å². The first-order valence-corrected chi connectivity index (χ1v) is 9.16. The van der Waals surface area contributed by atoms with E-state index >= 15 is 0 Å². The number of halogens is 1. The van der Waals surface area contributed by atoms with Gasteiger partial charge in [0.15, 0.2) is 5.76 Å². The van der Waals surface area contributed by atoms with Crippen molar-refractivity contribution >= 4 is 39.0 Å².